The molecule has 0 aromatic carbocycles. The summed E-state index contributed by atoms with van der Waals surface area (Å²) in [5.74, 6) is 0.762. The summed E-state index contributed by atoms with van der Waals surface area (Å²) >= 11 is 0. The average Bonchev–Trinajstić information content (AvgIpc) is 1.97. The van der Waals surface area contributed by atoms with Crippen LogP contribution >= 0.6 is 0 Å². The lowest BCUT2D eigenvalue weighted by molar-refractivity contribution is 0.753. The summed E-state index contributed by atoms with van der Waals surface area (Å²) < 4.78 is 1.56. The van der Waals surface area contributed by atoms with Crippen LogP contribution in [-0.2, 0) is 7.05 Å². The van der Waals surface area contributed by atoms with Crippen LogP contribution in [0.2, 0.25) is 0 Å². The van der Waals surface area contributed by atoms with Crippen LogP contribution < -0.4 is 5.56 Å². The molecule has 0 aliphatic heterocycles. The van der Waals surface area contributed by atoms with Crippen molar-refractivity contribution < 1.29 is 0 Å². The molecule has 0 atom stereocenters. The predicted molar refractivity (Wildman–Crippen MR) is 43.7 cm³/mol. The second-order valence-electron chi connectivity index (χ2n) is 2.73. The van der Waals surface area contributed by atoms with E-state index in [2.05, 4.69) is 4.98 Å². The van der Waals surface area contributed by atoms with E-state index in [9.17, 15) is 4.79 Å². The summed E-state index contributed by atoms with van der Waals surface area (Å²) in [5.41, 5.74) is 1.61. The fraction of sp³-hybridized carbons (Fsp3) is 0.500. The van der Waals surface area contributed by atoms with Crippen LogP contribution in [0.4, 0.5) is 0 Å². The third-order valence-electron chi connectivity index (χ3n) is 1.98. The zero-order valence-corrected chi connectivity index (χ0v) is 7.30. The average molecular weight is 152 g/mol. The molecule has 0 radical (unpaired) electrons. The molecule has 0 amide bonds. The Labute approximate surface area is 65.7 Å². The van der Waals surface area contributed by atoms with Crippen molar-refractivity contribution >= 4 is 0 Å². The maximum atomic E-state index is 11.3. The molecule has 1 heterocycles. The van der Waals surface area contributed by atoms with Crippen molar-refractivity contribution in [1.29, 1.82) is 0 Å². The highest BCUT2D eigenvalue weighted by molar-refractivity contribution is 5.14. The second-order valence-corrected chi connectivity index (χ2v) is 2.73. The Morgan fingerprint density at radius 3 is 2.36 bits per heavy atom. The molecule has 1 rings (SSSR count). The minimum absolute atomic E-state index is 0.0509. The molecule has 0 unspecified atom stereocenters. The minimum Gasteiger partial charge on any atom is -0.300 e. The molecule has 0 bridgehead atoms. The summed E-state index contributed by atoms with van der Waals surface area (Å²) in [4.78, 5) is 15.5. The highest BCUT2D eigenvalue weighted by Gasteiger charge is 2.03. The van der Waals surface area contributed by atoms with Crippen molar-refractivity contribution in [1.82, 2.24) is 9.55 Å². The third-order valence-corrected chi connectivity index (χ3v) is 1.98. The standard InChI is InChI=1S/C8H12N2O/c1-5-6(2)9-7(3)10(4)8(5)11/h1-4H3. The van der Waals surface area contributed by atoms with E-state index < -0.39 is 0 Å². The van der Waals surface area contributed by atoms with Crippen LogP contribution in [0.25, 0.3) is 0 Å². The van der Waals surface area contributed by atoms with E-state index in [0.717, 1.165) is 17.1 Å². The Morgan fingerprint density at radius 1 is 1.27 bits per heavy atom. The molecule has 0 aliphatic carbocycles. The van der Waals surface area contributed by atoms with Gasteiger partial charge < -0.3 is 0 Å². The van der Waals surface area contributed by atoms with E-state index in [1.165, 1.54) is 0 Å². The maximum Gasteiger partial charge on any atom is 0.256 e. The highest BCUT2D eigenvalue weighted by Crippen LogP contribution is 1.96. The molecule has 0 fully saturated rings. The number of rotatable bonds is 0. The van der Waals surface area contributed by atoms with Gasteiger partial charge in [-0.05, 0) is 20.8 Å². The van der Waals surface area contributed by atoms with Crippen molar-refractivity contribution in [2.75, 3.05) is 0 Å². The molecule has 3 nitrogen and oxygen atoms in total. The number of hydrogen-bond acceptors (Lipinski definition) is 2. The van der Waals surface area contributed by atoms with Crippen molar-refractivity contribution in [3.63, 3.8) is 0 Å². The minimum atomic E-state index is 0.0509. The molecule has 0 aliphatic rings. The molecule has 0 saturated carbocycles. The Morgan fingerprint density at radius 2 is 1.82 bits per heavy atom. The fourth-order valence-corrected chi connectivity index (χ4v) is 0.955. The monoisotopic (exact) mass is 152 g/mol. The first kappa shape index (κ1) is 7.98. The lowest BCUT2D eigenvalue weighted by Crippen LogP contribution is -2.23. The molecule has 1 aromatic heterocycles. The molecule has 0 spiro atoms. The van der Waals surface area contributed by atoms with Crippen LogP contribution in [0.1, 0.15) is 17.1 Å². The van der Waals surface area contributed by atoms with E-state index in [4.69, 9.17) is 0 Å². The number of nitrogens with zero attached hydrogens (tertiary/aromatic N) is 2. The van der Waals surface area contributed by atoms with Crippen molar-refractivity contribution in [3.8, 4) is 0 Å². The Balaban J connectivity index is 3.59. The predicted octanol–water partition coefficient (Wildman–Crippen LogP) is 0.706. The van der Waals surface area contributed by atoms with Gasteiger partial charge in [0, 0.05) is 18.3 Å². The van der Waals surface area contributed by atoms with Gasteiger partial charge in [-0.2, -0.15) is 0 Å². The van der Waals surface area contributed by atoms with Gasteiger partial charge in [-0.15, -0.1) is 0 Å². The van der Waals surface area contributed by atoms with Gasteiger partial charge in [0.1, 0.15) is 5.82 Å². The first-order valence-electron chi connectivity index (χ1n) is 3.55. The fourth-order valence-electron chi connectivity index (χ4n) is 0.955. The van der Waals surface area contributed by atoms with Crippen LogP contribution in [0.15, 0.2) is 4.79 Å². The van der Waals surface area contributed by atoms with Gasteiger partial charge in [-0.3, -0.25) is 9.36 Å². The summed E-state index contributed by atoms with van der Waals surface area (Å²) in [6.07, 6.45) is 0. The SMILES string of the molecule is Cc1nc(C)n(C)c(=O)c1C. The molecular formula is C8H12N2O. The summed E-state index contributed by atoms with van der Waals surface area (Å²) in [7, 11) is 1.73. The number of aryl methyl sites for hydroxylation is 2. The quantitative estimate of drug-likeness (QED) is 0.548. The van der Waals surface area contributed by atoms with Gasteiger partial charge in [-0.1, -0.05) is 0 Å². The molecule has 0 N–H and O–H groups in total. The smallest absolute Gasteiger partial charge is 0.256 e. The topological polar surface area (TPSA) is 34.9 Å². The van der Waals surface area contributed by atoms with Crippen LogP contribution in [0.5, 0.6) is 0 Å². The van der Waals surface area contributed by atoms with Gasteiger partial charge in [0.15, 0.2) is 0 Å². The van der Waals surface area contributed by atoms with Gasteiger partial charge in [0.25, 0.3) is 5.56 Å². The summed E-state index contributed by atoms with van der Waals surface area (Å²) in [6, 6.07) is 0. The van der Waals surface area contributed by atoms with Crippen LogP contribution in [0.3, 0.4) is 0 Å². The van der Waals surface area contributed by atoms with Gasteiger partial charge in [0.2, 0.25) is 0 Å². The van der Waals surface area contributed by atoms with Crippen molar-refractivity contribution in [3.05, 3.63) is 27.4 Å². The Kier molecular flexibility index (Phi) is 1.81. The lowest BCUT2D eigenvalue weighted by atomic mass is 10.2. The molecule has 60 valence electrons. The number of hydrogen-bond donors (Lipinski definition) is 0. The van der Waals surface area contributed by atoms with Crippen LogP contribution in [0, 0.1) is 20.8 Å². The first-order valence-corrected chi connectivity index (χ1v) is 3.55. The normalized spacial score (nSPS) is 10.2. The van der Waals surface area contributed by atoms with Crippen LogP contribution in [-0.4, -0.2) is 9.55 Å². The molecule has 0 saturated heterocycles. The molecular weight excluding hydrogens is 140 g/mol. The van der Waals surface area contributed by atoms with Crippen molar-refractivity contribution in [2.45, 2.75) is 20.8 Å². The third kappa shape index (κ3) is 1.18. The zero-order valence-electron chi connectivity index (χ0n) is 7.30. The largest absolute Gasteiger partial charge is 0.300 e. The van der Waals surface area contributed by atoms with E-state index >= 15 is 0 Å². The maximum absolute atomic E-state index is 11.3. The van der Waals surface area contributed by atoms with Gasteiger partial charge in [0.05, 0.1) is 0 Å². The Bertz CT molecular complexity index is 309. The highest BCUT2D eigenvalue weighted by atomic mass is 16.1. The van der Waals surface area contributed by atoms with Crippen molar-refractivity contribution in [2.24, 2.45) is 7.05 Å². The second kappa shape index (κ2) is 2.49. The molecule has 1 aromatic rings. The van der Waals surface area contributed by atoms with E-state index in [-0.39, 0.29) is 5.56 Å². The zero-order chi connectivity index (χ0) is 8.59. The first-order chi connectivity index (χ1) is 5.04. The van der Waals surface area contributed by atoms with E-state index in [0.29, 0.717) is 0 Å². The van der Waals surface area contributed by atoms with E-state index in [1.807, 2.05) is 13.8 Å². The molecule has 3 heteroatoms. The van der Waals surface area contributed by atoms with Gasteiger partial charge in [-0.25, -0.2) is 4.98 Å². The lowest BCUT2D eigenvalue weighted by Gasteiger charge is -2.05. The van der Waals surface area contributed by atoms with Gasteiger partial charge >= 0.3 is 0 Å². The summed E-state index contributed by atoms with van der Waals surface area (Å²) in [6.45, 7) is 5.47. The Hall–Kier alpha value is -1.12. The summed E-state index contributed by atoms with van der Waals surface area (Å²) in [5, 5.41) is 0. The molecule has 11 heavy (non-hydrogen) atoms. The number of aromatic nitrogens is 2. The van der Waals surface area contributed by atoms with E-state index in [1.54, 1.807) is 18.5 Å².